The topological polar surface area (TPSA) is 66.3 Å². The van der Waals surface area contributed by atoms with Gasteiger partial charge in [-0.05, 0) is 38.8 Å². The lowest BCUT2D eigenvalue weighted by atomic mass is 10.1. The van der Waals surface area contributed by atoms with Crippen molar-refractivity contribution >= 4 is 17.2 Å². The van der Waals surface area contributed by atoms with Crippen molar-refractivity contribution in [3.8, 4) is 0 Å². The lowest BCUT2D eigenvalue weighted by molar-refractivity contribution is 0.0753. The van der Waals surface area contributed by atoms with E-state index in [2.05, 4.69) is 25.7 Å². The standard InChI is InChI=1S/C19H28N6OS/c1-15-21-16(14-27-15)13-23-7-3-8-24(11-10-23)19(26)18-5-9-25(22-18)17-4-2-6-20-12-17/h5,9,14,17,20H,2-4,6-8,10-13H2,1H3. The molecular formula is C19H28N6OS. The summed E-state index contributed by atoms with van der Waals surface area (Å²) in [6.45, 7) is 8.36. The quantitative estimate of drug-likeness (QED) is 0.867. The number of rotatable bonds is 4. The van der Waals surface area contributed by atoms with Gasteiger partial charge >= 0.3 is 0 Å². The minimum atomic E-state index is 0.0591. The van der Waals surface area contributed by atoms with Gasteiger partial charge in [-0.1, -0.05) is 0 Å². The maximum absolute atomic E-state index is 12.9. The first-order valence-corrected chi connectivity index (χ1v) is 10.8. The van der Waals surface area contributed by atoms with Crippen LogP contribution in [0.3, 0.4) is 0 Å². The Bertz CT molecular complexity index is 766. The van der Waals surface area contributed by atoms with E-state index in [-0.39, 0.29) is 5.91 Å². The van der Waals surface area contributed by atoms with Crippen molar-refractivity contribution in [1.82, 2.24) is 29.9 Å². The zero-order valence-corrected chi connectivity index (χ0v) is 16.7. The molecule has 2 saturated heterocycles. The van der Waals surface area contributed by atoms with E-state index in [0.717, 1.165) is 75.8 Å². The Balaban J connectivity index is 1.34. The molecule has 0 bridgehead atoms. The Kier molecular flexibility index (Phi) is 5.85. The number of nitrogens with one attached hydrogen (secondary N) is 1. The van der Waals surface area contributed by atoms with E-state index >= 15 is 0 Å². The van der Waals surface area contributed by atoms with Crippen molar-refractivity contribution in [3.63, 3.8) is 0 Å². The van der Waals surface area contributed by atoms with E-state index in [1.165, 1.54) is 0 Å². The Hall–Kier alpha value is -1.77. The van der Waals surface area contributed by atoms with Gasteiger partial charge < -0.3 is 10.2 Å². The average Bonchev–Trinajstić information content (AvgIpc) is 3.27. The van der Waals surface area contributed by atoms with E-state index in [4.69, 9.17) is 0 Å². The first-order valence-electron chi connectivity index (χ1n) is 9.87. The molecule has 27 heavy (non-hydrogen) atoms. The summed E-state index contributed by atoms with van der Waals surface area (Å²) < 4.78 is 1.97. The molecule has 0 aliphatic carbocycles. The van der Waals surface area contributed by atoms with Gasteiger partial charge in [0.15, 0.2) is 0 Å². The summed E-state index contributed by atoms with van der Waals surface area (Å²) in [5, 5.41) is 11.2. The highest BCUT2D eigenvalue weighted by atomic mass is 32.1. The number of thiazole rings is 1. The zero-order chi connectivity index (χ0) is 18.6. The second kappa shape index (κ2) is 8.50. The number of piperidine rings is 1. The summed E-state index contributed by atoms with van der Waals surface area (Å²) in [4.78, 5) is 21.8. The van der Waals surface area contributed by atoms with Crippen LogP contribution < -0.4 is 5.32 Å². The van der Waals surface area contributed by atoms with Crippen LogP contribution in [0.15, 0.2) is 17.6 Å². The number of carbonyl (C=O) groups is 1. The van der Waals surface area contributed by atoms with Crippen LogP contribution in [0.4, 0.5) is 0 Å². The molecule has 2 aromatic heterocycles. The smallest absolute Gasteiger partial charge is 0.274 e. The van der Waals surface area contributed by atoms with Gasteiger partial charge in [0.2, 0.25) is 0 Å². The van der Waals surface area contributed by atoms with Crippen LogP contribution in [0.1, 0.15) is 46.5 Å². The molecule has 2 fully saturated rings. The molecule has 0 saturated carbocycles. The van der Waals surface area contributed by atoms with E-state index in [1.54, 1.807) is 11.3 Å². The molecule has 0 spiro atoms. The van der Waals surface area contributed by atoms with E-state index in [0.29, 0.717) is 11.7 Å². The first kappa shape index (κ1) is 18.6. The zero-order valence-electron chi connectivity index (χ0n) is 15.9. The molecule has 2 aromatic rings. The van der Waals surface area contributed by atoms with E-state index < -0.39 is 0 Å². The van der Waals surface area contributed by atoms with Gasteiger partial charge in [-0.15, -0.1) is 11.3 Å². The highest BCUT2D eigenvalue weighted by molar-refractivity contribution is 7.09. The molecule has 4 heterocycles. The number of hydrogen-bond acceptors (Lipinski definition) is 6. The van der Waals surface area contributed by atoms with Gasteiger partial charge in [0.05, 0.1) is 16.7 Å². The van der Waals surface area contributed by atoms with Crippen LogP contribution >= 0.6 is 11.3 Å². The molecule has 1 atom stereocenters. The fourth-order valence-corrected chi connectivity index (χ4v) is 4.52. The maximum atomic E-state index is 12.9. The van der Waals surface area contributed by atoms with Gasteiger partial charge in [0, 0.05) is 50.8 Å². The summed E-state index contributed by atoms with van der Waals surface area (Å²) in [6, 6.07) is 2.24. The van der Waals surface area contributed by atoms with Crippen LogP contribution in [-0.4, -0.2) is 69.7 Å². The largest absolute Gasteiger partial charge is 0.336 e. The van der Waals surface area contributed by atoms with Crippen LogP contribution in [0.2, 0.25) is 0 Å². The number of carbonyl (C=O) groups excluding carboxylic acids is 1. The average molecular weight is 389 g/mol. The van der Waals surface area contributed by atoms with Gasteiger partial charge in [-0.3, -0.25) is 14.4 Å². The molecule has 0 aromatic carbocycles. The van der Waals surface area contributed by atoms with E-state index in [1.807, 2.05) is 28.8 Å². The van der Waals surface area contributed by atoms with Gasteiger partial charge in [-0.25, -0.2) is 4.98 Å². The normalized spacial score (nSPS) is 22.0. The Morgan fingerprint density at radius 1 is 1.30 bits per heavy atom. The van der Waals surface area contributed by atoms with Crippen LogP contribution in [0.5, 0.6) is 0 Å². The predicted octanol–water partition coefficient (Wildman–Crippen LogP) is 1.92. The minimum Gasteiger partial charge on any atom is -0.336 e. The first-order chi connectivity index (χ1) is 13.2. The third-order valence-electron chi connectivity index (χ3n) is 5.40. The molecule has 146 valence electrons. The summed E-state index contributed by atoms with van der Waals surface area (Å²) in [7, 11) is 0. The number of nitrogens with zero attached hydrogens (tertiary/aromatic N) is 5. The van der Waals surface area contributed by atoms with Gasteiger partial charge in [-0.2, -0.15) is 5.10 Å². The molecule has 2 aliphatic rings. The summed E-state index contributed by atoms with van der Waals surface area (Å²) in [6.07, 6.45) is 5.23. The van der Waals surface area contributed by atoms with Gasteiger partial charge in [0.25, 0.3) is 5.91 Å². The van der Waals surface area contributed by atoms with Crippen molar-refractivity contribution in [1.29, 1.82) is 0 Å². The third-order valence-corrected chi connectivity index (χ3v) is 6.22. The molecular weight excluding hydrogens is 360 g/mol. The van der Waals surface area contributed by atoms with Crippen molar-refractivity contribution in [2.75, 3.05) is 39.3 Å². The number of hydrogen-bond donors (Lipinski definition) is 1. The highest BCUT2D eigenvalue weighted by Crippen LogP contribution is 2.17. The number of amides is 1. The highest BCUT2D eigenvalue weighted by Gasteiger charge is 2.24. The maximum Gasteiger partial charge on any atom is 0.274 e. The molecule has 1 unspecified atom stereocenters. The Morgan fingerprint density at radius 2 is 2.22 bits per heavy atom. The van der Waals surface area contributed by atoms with Gasteiger partial charge in [0.1, 0.15) is 5.69 Å². The lowest BCUT2D eigenvalue weighted by Crippen LogP contribution is -2.36. The number of aryl methyl sites for hydroxylation is 1. The number of aromatic nitrogens is 3. The lowest BCUT2D eigenvalue weighted by Gasteiger charge is -2.23. The van der Waals surface area contributed by atoms with Crippen LogP contribution in [-0.2, 0) is 6.54 Å². The predicted molar refractivity (Wildman–Crippen MR) is 106 cm³/mol. The fraction of sp³-hybridized carbons (Fsp3) is 0.632. The van der Waals surface area contributed by atoms with Crippen molar-refractivity contribution in [3.05, 3.63) is 34.0 Å². The van der Waals surface area contributed by atoms with Crippen LogP contribution in [0, 0.1) is 6.92 Å². The summed E-state index contributed by atoms with van der Waals surface area (Å²) >= 11 is 1.70. The SMILES string of the molecule is Cc1nc(CN2CCCN(C(=O)c3ccn(C4CCCNC4)n3)CC2)cs1. The fourth-order valence-electron chi connectivity index (χ4n) is 3.92. The Morgan fingerprint density at radius 3 is 3.00 bits per heavy atom. The van der Waals surface area contributed by atoms with E-state index in [9.17, 15) is 4.79 Å². The Labute approximate surface area is 164 Å². The molecule has 2 aliphatic heterocycles. The molecule has 7 nitrogen and oxygen atoms in total. The van der Waals surface area contributed by atoms with Crippen molar-refractivity contribution in [2.45, 2.75) is 38.8 Å². The second-order valence-corrected chi connectivity index (χ2v) is 8.52. The second-order valence-electron chi connectivity index (χ2n) is 7.46. The molecule has 0 radical (unpaired) electrons. The molecule has 1 amide bonds. The van der Waals surface area contributed by atoms with Crippen molar-refractivity contribution in [2.24, 2.45) is 0 Å². The minimum absolute atomic E-state index is 0.0591. The monoisotopic (exact) mass is 388 g/mol. The molecule has 1 N–H and O–H groups in total. The third kappa shape index (κ3) is 4.56. The molecule has 4 rings (SSSR count). The van der Waals surface area contributed by atoms with Crippen molar-refractivity contribution < 1.29 is 4.79 Å². The van der Waals surface area contributed by atoms with Crippen LogP contribution in [0.25, 0.3) is 0 Å². The molecule has 8 heteroatoms. The summed E-state index contributed by atoms with van der Waals surface area (Å²) in [5.74, 6) is 0.0591. The summed E-state index contributed by atoms with van der Waals surface area (Å²) in [5.41, 5.74) is 1.71.